The number of carbonyl (C=O) groups is 1. The number of methoxy groups -OCH3 is 1. The maximum absolute atomic E-state index is 12.6. The van der Waals surface area contributed by atoms with Gasteiger partial charge in [0.1, 0.15) is 5.75 Å². The highest BCUT2D eigenvalue weighted by molar-refractivity contribution is 9.10. The van der Waals surface area contributed by atoms with E-state index in [2.05, 4.69) is 20.7 Å². The summed E-state index contributed by atoms with van der Waals surface area (Å²) in [4.78, 5) is 12.6. The van der Waals surface area contributed by atoms with Crippen LogP contribution in [0.1, 0.15) is 11.1 Å². The summed E-state index contributed by atoms with van der Waals surface area (Å²) in [6.07, 6.45) is 0. The lowest BCUT2D eigenvalue weighted by Gasteiger charge is -2.36. The van der Waals surface area contributed by atoms with Gasteiger partial charge in [-0.15, -0.1) is 0 Å². The Bertz CT molecular complexity index is 866. The third-order valence-corrected chi connectivity index (χ3v) is 5.02. The molecule has 0 fully saturated rings. The Kier molecular flexibility index (Phi) is 3.91. The van der Waals surface area contributed by atoms with Crippen LogP contribution in [0.3, 0.4) is 0 Å². The van der Waals surface area contributed by atoms with E-state index < -0.39 is 21.8 Å². The minimum Gasteiger partial charge on any atom is -0.467 e. The molecule has 23 heavy (non-hydrogen) atoms. The molecule has 6 nitrogen and oxygen atoms in total. The average Bonchev–Trinajstić information content (AvgIpc) is 2.53. The molecular formula is C15H12BrNO5S. The normalized spacial score (nSPS) is 21.8. The molecule has 0 bridgehead atoms. The number of halogens is 1. The first-order valence-corrected chi connectivity index (χ1v) is 8.76. The van der Waals surface area contributed by atoms with Gasteiger partial charge in [-0.2, -0.15) is 13.1 Å². The fraction of sp³-hybridized carbons (Fsp3) is 0.133. The Hall–Kier alpha value is -1.90. The molecule has 1 atom stereocenters. The number of fused-ring (bicyclic) bond motifs is 1. The van der Waals surface area contributed by atoms with Gasteiger partial charge in [0.25, 0.3) is 0 Å². The molecule has 3 rings (SSSR count). The van der Waals surface area contributed by atoms with Gasteiger partial charge in [-0.1, -0.05) is 46.3 Å². The van der Waals surface area contributed by atoms with Crippen LogP contribution in [0.25, 0.3) is 0 Å². The van der Waals surface area contributed by atoms with Crippen molar-refractivity contribution in [2.75, 3.05) is 7.11 Å². The highest BCUT2D eigenvalue weighted by atomic mass is 79.9. The van der Waals surface area contributed by atoms with Gasteiger partial charge in [-0.05, 0) is 23.8 Å². The summed E-state index contributed by atoms with van der Waals surface area (Å²) in [6, 6.07) is 13.2. The highest BCUT2D eigenvalue weighted by Crippen LogP contribution is 2.41. The number of nitrogens with one attached hydrogen (secondary N) is 1. The lowest BCUT2D eigenvalue weighted by molar-refractivity contribution is -0.146. The first kappa shape index (κ1) is 16.0. The van der Waals surface area contributed by atoms with Crippen LogP contribution in [0.5, 0.6) is 5.75 Å². The van der Waals surface area contributed by atoms with E-state index in [4.69, 9.17) is 8.92 Å². The fourth-order valence-corrected chi connectivity index (χ4v) is 3.94. The minimum atomic E-state index is -4.18. The van der Waals surface area contributed by atoms with Crippen molar-refractivity contribution in [2.45, 2.75) is 5.54 Å². The largest absolute Gasteiger partial charge is 0.467 e. The molecule has 0 amide bonds. The number of para-hydroxylation sites is 1. The van der Waals surface area contributed by atoms with E-state index in [0.717, 1.165) is 4.47 Å². The maximum atomic E-state index is 12.6. The predicted molar refractivity (Wildman–Crippen MR) is 86.1 cm³/mol. The van der Waals surface area contributed by atoms with Crippen LogP contribution in [0, 0.1) is 0 Å². The van der Waals surface area contributed by atoms with E-state index in [1.807, 2.05) is 0 Å². The molecule has 8 heteroatoms. The van der Waals surface area contributed by atoms with Gasteiger partial charge in [-0.3, -0.25) is 0 Å². The molecule has 1 aliphatic rings. The summed E-state index contributed by atoms with van der Waals surface area (Å²) in [5.41, 5.74) is -0.917. The molecule has 2 aromatic carbocycles. The number of hydrogen-bond donors (Lipinski definition) is 1. The molecule has 0 aromatic heterocycles. The Morgan fingerprint density at radius 3 is 2.48 bits per heavy atom. The molecule has 1 N–H and O–H groups in total. The van der Waals surface area contributed by atoms with E-state index in [0.29, 0.717) is 11.1 Å². The first-order chi connectivity index (χ1) is 10.9. The molecule has 1 aliphatic heterocycles. The highest BCUT2D eigenvalue weighted by Gasteiger charge is 2.52. The molecule has 0 unspecified atom stereocenters. The first-order valence-electron chi connectivity index (χ1n) is 6.56. The third kappa shape index (κ3) is 2.62. The summed E-state index contributed by atoms with van der Waals surface area (Å²) >= 11 is 3.32. The van der Waals surface area contributed by atoms with Crippen molar-refractivity contribution in [1.29, 1.82) is 0 Å². The molecule has 0 aliphatic carbocycles. The molecule has 0 spiro atoms. The van der Waals surface area contributed by atoms with Gasteiger partial charge in [0.15, 0.2) is 5.54 Å². The van der Waals surface area contributed by atoms with Gasteiger partial charge >= 0.3 is 16.3 Å². The van der Waals surface area contributed by atoms with Crippen LogP contribution in [0.2, 0.25) is 0 Å². The molecule has 120 valence electrons. The van der Waals surface area contributed by atoms with Gasteiger partial charge in [-0.25, -0.2) is 4.79 Å². The van der Waals surface area contributed by atoms with Gasteiger partial charge in [0.2, 0.25) is 0 Å². The van der Waals surface area contributed by atoms with E-state index in [1.54, 1.807) is 42.5 Å². The summed E-state index contributed by atoms with van der Waals surface area (Å²) in [7, 11) is -2.98. The van der Waals surface area contributed by atoms with Crippen molar-refractivity contribution >= 4 is 32.2 Å². The van der Waals surface area contributed by atoms with Gasteiger partial charge in [0, 0.05) is 10.0 Å². The van der Waals surface area contributed by atoms with Crippen LogP contribution in [-0.2, 0) is 25.4 Å². The Morgan fingerprint density at radius 2 is 1.83 bits per heavy atom. The quantitative estimate of drug-likeness (QED) is 0.784. The number of rotatable bonds is 2. The van der Waals surface area contributed by atoms with Crippen LogP contribution in [-0.4, -0.2) is 21.5 Å². The molecule has 0 radical (unpaired) electrons. The third-order valence-electron chi connectivity index (χ3n) is 3.54. The number of ether oxygens (including phenoxy) is 1. The molecule has 0 saturated heterocycles. The zero-order chi connectivity index (χ0) is 16.7. The van der Waals surface area contributed by atoms with Crippen LogP contribution in [0.4, 0.5) is 0 Å². The second-order valence-electron chi connectivity index (χ2n) is 4.88. The molecule has 1 heterocycles. The summed E-state index contributed by atoms with van der Waals surface area (Å²) < 4.78 is 37.2. The van der Waals surface area contributed by atoms with Crippen molar-refractivity contribution in [3.05, 3.63) is 64.1 Å². The number of hydrogen-bond acceptors (Lipinski definition) is 5. The molecule has 2 aromatic rings. The number of esters is 1. The van der Waals surface area contributed by atoms with Crippen LogP contribution < -0.4 is 8.91 Å². The lowest BCUT2D eigenvalue weighted by Crippen LogP contribution is -2.56. The van der Waals surface area contributed by atoms with E-state index >= 15 is 0 Å². The Morgan fingerprint density at radius 1 is 1.17 bits per heavy atom. The van der Waals surface area contributed by atoms with Gasteiger partial charge in [0.05, 0.1) is 7.11 Å². The predicted octanol–water partition coefficient (Wildman–Crippen LogP) is 2.09. The van der Waals surface area contributed by atoms with Crippen molar-refractivity contribution in [3.8, 4) is 5.75 Å². The van der Waals surface area contributed by atoms with Crippen molar-refractivity contribution in [1.82, 2.24) is 4.72 Å². The number of benzene rings is 2. The maximum Gasteiger partial charge on any atom is 0.384 e. The van der Waals surface area contributed by atoms with Crippen molar-refractivity contribution < 1.29 is 22.1 Å². The lowest BCUT2D eigenvalue weighted by atomic mass is 9.83. The number of carbonyl (C=O) groups excluding carboxylic acids is 1. The topological polar surface area (TPSA) is 81.7 Å². The summed E-state index contributed by atoms with van der Waals surface area (Å²) in [6.45, 7) is 0. The summed E-state index contributed by atoms with van der Waals surface area (Å²) in [5.74, 6) is -0.668. The van der Waals surface area contributed by atoms with E-state index in [1.165, 1.54) is 13.2 Å². The monoisotopic (exact) mass is 397 g/mol. The van der Waals surface area contributed by atoms with Crippen molar-refractivity contribution in [3.63, 3.8) is 0 Å². The molecule has 0 saturated carbocycles. The smallest absolute Gasteiger partial charge is 0.384 e. The zero-order valence-corrected chi connectivity index (χ0v) is 14.3. The van der Waals surface area contributed by atoms with Crippen molar-refractivity contribution in [2.24, 2.45) is 0 Å². The zero-order valence-electron chi connectivity index (χ0n) is 11.9. The summed E-state index contributed by atoms with van der Waals surface area (Å²) in [5, 5.41) is 0. The second-order valence-corrected chi connectivity index (χ2v) is 7.08. The fourth-order valence-electron chi connectivity index (χ4n) is 2.57. The van der Waals surface area contributed by atoms with Crippen LogP contribution in [0.15, 0.2) is 53.0 Å². The second kappa shape index (κ2) is 5.63. The SMILES string of the molecule is COC(=O)[C@]1(c2ccc(Br)cc2)NS(=O)(=O)Oc2ccccc21. The Balaban J connectivity index is 2.36. The van der Waals surface area contributed by atoms with E-state index in [9.17, 15) is 13.2 Å². The van der Waals surface area contributed by atoms with Gasteiger partial charge < -0.3 is 8.92 Å². The minimum absolute atomic E-state index is 0.0829. The average molecular weight is 398 g/mol. The van der Waals surface area contributed by atoms with E-state index in [-0.39, 0.29) is 5.75 Å². The Labute approximate surface area is 141 Å². The van der Waals surface area contributed by atoms with Crippen LogP contribution >= 0.6 is 15.9 Å². The standard InChI is InChI=1S/C15H12BrNO5S/c1-21-14(18)15(10-6-8-11(16)9-7-10)12-4-2-3-5-13(12)22-23(19,20)17-15/h2-9,17H,1H3/t15-/m1/s1. The molecular weight excluding hydrogens is 386 g/mol.